The zero-order valence-electron chi connectivity index (χ0n) is 6.81. The van der Waals surface area contributed by atoms with E-state index in [4.69, 9.17) is 0 Å². The Morgan fingerprint density at radius 3 is 1.10 bits per heavy atom. The molecule has 0 heterocycles. The van der Waals surface area contributed by atoms with Gasteiger partial charge in [0.2, 0.25) is 0 Å². The van der Waals surface area contributed by atoms with Crippen molar-refractivity contribution in [3.63, 3.8) is 0 Å². The second-order valence-corrected chi connectivity index (χ2v) is 4.09. The lowest BCUT2D eigenvalue weighted by Gasteiger charge is -2.35. The Hall–Kier alpha value is 0. The minimum atomic E-state index is 1.16. The zero-order valence-corrected chi connectivity index (χ0v) is 6.81. The van der Waals surface area contributed by atoms with Gasteiger partial charge >= 0.3 is 0 Å². The van der Waals surface area contributed by atoms with Crippen LogP contribution in [0.5, 0.6) is 0 Å². The highest BCUT2D eigenvalue weighted by Gasteiger charge is 2.26. The first-order valence-corrected chi connectivity index (χ1v) is 4.97. The van der Waals surface area contributed by atoms with Crippen LogP contribution in [0.2, 0.25) is 0 Å². The van der Waals surface area contributed by atoms with Crippen molar-refractivity contribution in [1.29, 1.82) is 0 Å². The van der Waals surface area contributed by atoms with Crippen molar-refractivity contribution in [3.8, 4) is 0 Å². The molecule has 0 atom stereocenters. The van der Waals surface area contributed by atoms with Gasteiger partial charge in [0, 0.05) is 0 Å². The molecule has 0 radical (unpaired) electrons. The van der Waals surface area contributed by atoms with E-state index in [1.54, 1.807) is 25.7 Å². The van der Waals surface area contributed by atoms with E-state index >= 15 is 0 Å². The van der Waals surface area contributed by atoms with Crippen molar-refractivity contribution in [1.82, 2.24) is 0 Å². The summed E-state index contributed by atoms with van der Waals surface area (Å²) in [5, 5.41) is 0. The van der Waals surface area contributed by atoms with E-state index in [-0.39, 0.29) is 0 Å². The highest BCUT2D eigenvalue weighted by molar-refractivity contribution is 4.78. The Morgan fingerprint density at radius 2 is 0.800 bits per heavy atom. The van der Waals surface area contributed by atoms with Gasteiger partial charge < -0.3 is 0 Å². The third kappa shape index (κ3) is 1.21. The Bertz CT molecular complexity index is 80.6. The molecule has 2 fully saturated rings. The standard InChI is InChI=1S/C10H18/c1-2-6-10-8-4-3-7-9(10)5-1/h9-10H,1-8H2. The maximum Gasteiger partial charge on any atom is -0.0386 e. The van der Waals surface area contributed by atoms with Gasteiger partial charge in [0.05, 0.1) is 0 Å². The average molecular weight is 138 g/mol. The Kier molecular flexibility index (Phi) is 1.97. The van der Waals surface area contributed by atoms with E-state index in [9.17, 15) is 0 Å². The molecule has 2 aliphatic rings. The minimum absolute atomic E-state index is 1.16. The summed E-state index contributed by atoms with van der Waals surface area (Å²) in [4.78, 5) is 0. The molecule has 0 spiro atoms. The Labute approximate surface area is 64.0 Å². The van der Waals surface area contributed by atoms with E-state index in [1.807, 2.05) is 0 Å². The fourth-order valence-corrected chi connectivity index (χ4v) is 2.86. The maximum atomic E-state index is 1.56. The van der Waals surface area contributed by atoms with Crippen molar-refractivity contribution in [2.45, 2.75) is 51.4 Å². The van der Waals surface area contributed by atoms with Crippen molar-refractivity contribution in [3.05, 3.63) is 0 Å². The molecule has 0 N–H and O–H groups in total. The summed E-state index contributed by atoms with van der Waals surface area (Å²) >= 11 is 0. The predicted molar refractivity (Wildman–Crippen MR) is 43.9 cm³/mol. The van der Waals surface area contributed by atoms with Gasteiger partial charge in [0.25, 0.3) is 0 Å². The molecular weight excluding hydrogens is 120 g/mol. The van der Waals surface area contributed by atoms with E-state index in [0.717, 1.165) is 11.8 Å². The number of hydrogen-bond donors (Lipinski definition) is 0. The highest BCUT2D eigenvalue weighted by atomic mass is 14.3. The molecule has 2 saturated carbocycles. The van der Waals surface area contributed by atoms with E-state index < -0.39 is 0 Å². The van der Waals surface area contributed by atoms with Gasteiger partial charge in [0.1, 0.15) is 0 Å². The molecule has 0 amide bonds. The molecule has 0 saturated heterocycles. The van der Waals surface area contributed by atoms with Crippen molar-refractivity contribution < 1.29 is 0 Å². The minimum Gasteiger partial charge on any atom is -0.0530 e. The molecule has 0 nitrogen and oxygen atoms in total. The lowest BCUT2D eigenvalue weighted by molar-refractivity contribution is 0.171. The van der Waals surface area contributed by atoms with Crippen molar-refractivity contribution in [2.24, 2.45) is 11.8 Å². The average Bonchev–Trinajstić information content (AvgIpc) is 2.05. The smallest absolute Gasteiger partial charge is 0.0386 e. The first-order valence-electron chi connectivity index (χ1n) is 4.97. The van der Waals surface area contributed by atoms with Crippen LogP contribution in [0, 0.1) is 11.8 Å². The second-order valence-electron chi connectivity index (χ2n) is 4.09. The fraction of sp³-hybridized carbons (Fsp3) is 1.00. The van der Waals surface area contributed by atoms with Crippen LogP contribution < -0.4 is 0 Å². The predicted octanol–water partition coefficient (Wildman–Crippen LogP) is 3.37. The van der Waals surface area contributed by atoms with Crippen molar-refractivity contribution in [2.75, 3.05) is 0 Å². The van der Waals surface area contributed by atoms with Crippen LogP contribution in [-0.4, -0.2) is 0 Å². The van der Waals surface area contributed by atoms with Crippen LogP contribution in [0.15, 0.2) is 0 Å². The first kappa shape index (κ1) is 6.69. The molecule has 0 bridgehead atoms. The van der Waals surface area contributed by atoms with E-state index in [2.05, 4.69) is 0 Å². The third-order valence-corrected chi connectivity index (χ3v) is 3.47. The molecule has 0 aromatic rings. The first-order chi connectivity index (χ1) is 4.97. The SMILES string of the molecule is C1CCC2CCCCC2C1. The summed E-state index contributed by atoms with van der Waals surface area (Å²) in [5.41, 5.74) is 0. The molecule has 0 aromatic carbocycles. The number of rotatable bonds is 0. The molecule has 0 unspecified atom stereocenters. The lowest BCUT2D eigenvalue weighted by atomic mass is 9.71. The molecule has 0 heteroatoms. The van der Waals surface area contributed by atoms with Gasteiger partial charge in [-0.25, -0.2) is 0 Å². The fourth-order valence-electron chi connectivity index (χ4n) is 2.86. The molecule has 0 aromatic heterocycles. The number of hydrogen-bond acceptors (Lipinski definition) is 0. The summed E-state index contributed by atoms with van der Waals surface area (Å²) in [5.74, 6) is 2.31. The maximum absolute atomic E-state index is 1.56. The lowest BCUT2D eigenvalue weighted by Crippen LogP contribution is -2.22. The topological polar surface area (TPSA) is 0 Å². The van der Waals surface area contributed by atoms with Gasteiger partial charge in [-0.1, -0.05) is 51.4 Å². The highest BCUT2D eigenvalue weighted by Crippen LogP contribution is 2.39. The summed E-state index contributed by atoms with van der Waals surface area (Å²) in [6.07, 6.45) is 12.4. The second kappa shape index (κ2) is 2.94. The summed E-state index contributed by atoms with van der Waals surface area (Å²) in [6.45, 7) is 0. The largest absolute Gasteiger partial charge is 0.0530 e. The van der Waals surface area contributed by atoms with Gasteiger partial charge in [-0.15, -0.1) is 0 Å². The molecule has 10 heavy (non-hydrogen) atoms. The van der Waals surface area contributed by atoms with Crippen LogP contribution in [0.1, 0.15) is 51.4 Å². The van der Waals surface area contributed by atoms with Crippen molar-refractivity contribution >= 4 is 0 Å². The van der Waals surface area contributed by atoms with Gasteiger partial charge in [0.15, 0.2) is 0 Å². The molecular formula is C10H18. The van der Waals surface area contributed by atoms with Gasteiger partial charge in [-0.3, -0.25) is 0 Å². The molecule has 2 rings (SSSR count). The molecule has 0 aliphatic heterocycles. The quantitative estimate of drug-likeness (QED) is 0.481. The summed E-state index contributed by atoms with van der Waals surface area (Å²) < 4.78 is 0. The van der Waals surface area contributed by atoms with Crippen LogP contribution in [0.25, 0.3) is 0 Å². The zero-order chi connectivity index (χ0) is 6.81. The normalized spacial score (nSPS) is 40.8. The van der Waals surface area contributed by atoms with Crippen LogP contribution in [0.3, 0.4) is 0 Å². The number of fused-ring (bicyclic) bond motifs is 1. The summed E-state index contributed by atoms with van der Waals surface area (Å²) in [7, 11) is 0. The molecule has 58 valence electrons. The molecule has 2 aliphatic carbocycles. The monoisotopic (exact) mass is 138 g/mol. The van der Waals surface area contributed by atoms with Crippen LogP contribution in [0.4, 0.5) is 0 Å². The van der Waals surface area contributed by atoms with Gasteiger partial charge in [-0.2, -0.15) is 0 Å². The van der Waals surface area contributed by atoms with Crippen LogP contribution in [-0.2, 0) is 0 Å². The third-order valence-electron chi connectivity index (χ3n) is 3.47. The van der Waals surface area contributed by atoms with Gasteiger partial charge in [-0.05, 0) is 11.8 Å². The van der Waals surface area contributed by atoms with E-state index in [1.165, 1.54) is 25.7 Å². The van der Waals surface area contributed by atoms with Crippen LogP contribution >= 0.6 is 0 Å². The Balaban J connectivity index is 1.93. The van der Waals surface area contributed by atoms with E-state index in [0.29, 0.717) is 0 Å². The summed E-state index contributed by atoms with van der Waals surface area (Å²) in [6, 6.07) is 0. The Morgan fingerprint density at radius 1 is 0.500 bits per heavy atom.